The largest absolute Gasteiger partial charge is 0.465 e. The first-order valence-electron chi connectivity index (χ1n) is 8.03. The van der Waals surface area contributed by atoms with Crippen LogP contribution in [0.5, 0.6) is 0 Å². The van der Waals surface area contributed by atoms with E-state index in [9.17, 15) is 9.59 Å². The van der Waals surface area contributed by atoms with Gasteiger partial charge in [-0.3, -0.25) is 9.59 Å². The van der Waals surface area contributed by atoms with Crippen molar-refractivity contribution >= 4 is 28.6 Å². The van der Waals surface area contributed by atoms with Crippen molar-refractivity contribution in [1.82, 2.24) is 9.97 Å². The molecule has 5 nitrogen and oxygen atoms in total. The third-order valence-electron chi connectivity index (χ3n) is 3.66. The molecule has 3 aromatic rings. The predicted octanol–water partition coefficient (Wildman–Crippen LogP) is 3.19. The predicted molar refractivity (Wildman–Crippen MR) is 98.8 cm³/mol. The summed E-state index contributed by atoms with van der Waals surface area (Å²) in [5, 5.41) is 0.465. The second kappa shape index (κ2) is 7.98. The average molecular weight is 354 g/mol. The smallest absolute Gasteiger partial charge is 0.319 e. The lowest BCUT2D eigenvalue weighted by Crippen LogP contribution is -2.23. The van der Waals surface area contributed by atoms with E-state index in [2.05, 4.69) is 9.97 Å². The standard InChI is InChI=1S/C19H18N2O3S/c1-2-24-18(23)16(12-13-8-4-3-5-9-13)25-19-20-15-11-7-6-10-14(15)17(22)21-19/h3-11,16H,2,12H2,1H3,(H,20,21,22). The molecule has 0 saturated carbocycles. The molecule has 128 valence electrons. The minimum absolute atomic E-state index is 0.213. The first-order valence-corrected chi connectivity index (χ1v) is 8.91. The Kier molecular flexibility index (Phi) is 5.50. The monoisotopic (exact) mass is 354 g/mol. The maximum Gasteiger partial charge on any atom is 0.319 e. The molecule has 25 heavy (non-hydrogen) atoms. The number of hydrogen-bond donors (Lipinski definition) is 1. The molecule has 0 saturated heterocycles. The second-order valence-electron chi connectivity index (χ2n) is 5.44. The number of fused-ring (bicyclic) bond motifs is 1. The minimum Gasteiger partial charge on any atom is -0.465 e. The van der Waals surface area contributed by atoms with Gasteiger partial charge >= 0.3 is 5.97 Å². The van der Waals surface area contributed by atoms with Gasteiger partial charge in [0.15, 0.2) is 5.16 Å². The third-order valence-corrected chi connectivity index (χ3v) is 4.72. The van der Waals surface area contributed by atoms with E-state index in [1.165, 1.54) is 11.8 Å². The van der Waals surface area contributed by atoms with Crippen molar-refractivity contribution in [2.75, 3.05) is 6.61 Å². The maximum atomic E-state index is 12.3. The molecule has 0 aliphatic heterocycles. The zero-order valence-corrected chi connectivity index (χ0v) is 14.6. The summed E-state index contributed by atoms with van der Waals surface area (Å²) >= 11 is 1.22. The minimum atomic E-state index is -0.480. The molecule has 3 rings (SSSR count). The molecule has 0 spiro atoms. The van der Waals surface area contributed by atoms with Crippen molar-refractivity contribution in [3.8, 4) is 0 Å². The summed E-state index contributed by atoms with van der Waals surface area (Å²) in [6.45, 7) is 2.09. The summed E-state index contributed by atoms with van der Waals surface area (Å²) in [5.41, 5.74) is 1.42. The van der Waals surface area contributed by atoms with Crippen LogP contribution in [0.2, 0.25) is 0 Å². The molecule has 1 aromatic heterocycles. The van der Waals surface area contributed by atoms with Gasteiger partial charge in [-0.1, -0.05) is 54.2 Å². The molecule has 2 aromatic carbocycles. The van der Waals surface area contributed by atoms with Crippen molar-refractivity contribution in [2.45, 2.75) is 23.8 Å². The number of benzene rings is 2. The van der Waals surface area contributed by atoms with E-state index in [1.54, 1.807) is 25.1 Å². The van der Waals surface area contributed by atoms with Crippen LogP contribution in [-0.4, -0.2) is 27.8 Å². The van der Waals surface area contributed by atoms with Crippen molar-refractivity contribution in [3.63, 3.8) is 0 Å². The molecule has 1 unspecified atom stereocenters. The summed E-state index contributed by atoms with van der Waals surface area (Å²) in [7, 11) is 0. The zero-order chi connectivity index (χ0) is 17.6. The van der Waals surface area contributed by atoms with Gasteiger partial charge in [-0.15, -0.1) is 0 Å². The number of hydrogen-bond acceptors (Lipinski definition) is 5. The molecule has 0 bridgehead atoms. The van der Waals surface area contributed by atoms with E-state index >= 15 is 0 Å². The molecule has 6 heteroatoms. The van der Waals surface area contributed by atoms with Crippen LogP contribution in [-0.2, 0) is 16.0 Å². The Hall–Kier alpha value is -2.60. The Bertz CT molecular complexity index is 925. The van der Waals surface area contributed by atoms with Gasteiger partial charge in [-0.05, 0) is 31.0 Å². The number of aromatic nitrogens is 2. The zero-order valence-electron chi connectivity index (χ0n) is 13.8. The lowest BCUT2D eigenvalue weighted by molar-refractivity contribution is -0.142. The number of esters is 1. The number of aromatic amines is 1. The number of nitrogens with zero attached hydrogens (tertiary/aromatic N) is 1. The fourth-order valence-electron chi connectivity index (χ4n) is 2.49. The van der Waals surface area contributed by atoms with Crippen LogP contribution in [0.1, 0.15) is 12.5 Å². The topological polar surface area (TPSA) is 72.0 Å². The Morgan fingerprint density at radius 2 is 1.88 bits per heavy atom. The summed E-state index contributed by atoms with van der Waals surface area (Å²) in [4.78, 5) is 31.8. The number of rotatable bonds is 6. The van der Waals surface area contributed by atoms with Crippen molar-refractivity contribution < 1.29 is 9.53 Å². The van der Waals surface area contributed by atoms with Crippen LogP contribution in [0.3, 0.4) is 0 Å². The quantitative estimate of drug-likeness (QED) is 0.418. The van der Waals surface area contributed by atoms with Crippen molar-refractivity contribution in [3.05, 3.63) is 70.5 Å². The van der Waals surface area contributed by atoms with Gasteiger partial charge in [0.1, 0.15) is 5.25 Å². The summed E-state index contributed by atoms with van der Waals surface area (Å²) < 4.78 is 5.19. The molecule has 0 radical (unpaired) electrons. The van der Waals surface area contributed by atoms with Gasteiger partial charge in [-0.2, -0.15) is 0 Å². The van der Waals surface area contributed by atoms with Crippen LogP contribution in [0.25, 0.3) is 10.9 Å². The van der Waals surface area contributed by atoms with Gasteiger partial charge in [0.05, 0.1) is 17.5 Å². The van der Waals surface area contributed by atoms with Gasteiger partial charge in [0.2, 0.25) is 0 Å². The number of nitrogens with one attached hydrogen (secondary N) is 1. The average Bonchev–Trinajstić information content (AvgIpc) is 2.62. The van der Waals surface area contributed by atoms with Gasteiger partial charge < -0.3 is 9.72 Å². The number of carbonyl (C=O) groups excluding carboxylic acids is 1. The Labute approximate surface area is 149 Å². The van der Waals surface area contributed by atoms with E-state index in [1.807, 2.05) is 36.4 Å². The van der Waals surface area contributed by atoms with Crippen LogP contribution >= 0.6 is 11.8 Å². The maximum absolute atomic E-state index is 12.3. The van der Waals surface area contributed by atoms with Crippen LogP contribution in [0, 0.1) is 0 Å². The molecule has 0 aliphatic carbocycles. The molecule has 0 amide bonds. The summed E-state index contributed by atoms with van der Waals surface area (Å²) in [6.07, 6.45) is 0.501. The molecule has 0 aliphatic rings. The molecular formula is C19H18N2O3S. The molecular weight excluding hydrogens is 336 g/mol. The van der Waals surface area contributed by atoms with E-state index in [-0.39, 0.29) is 11.5 Å². The third kappa shape index (κ3) is 4.28. The van der Waals surface area contributed by atoms with Crippen LogP contribution in [0.4, 0.5) is 0 Å². The second-order valence-corrected chi connectivity index (χ2v) is 6.63. The highest BCUT2D eigenvalue weighted by atomic mass is 32.2. The number of thioether (sulfide) groups is 1. The van der Waals surface area contributed by atoms with E-state index in [0.717, 1.165) is 5.56 Å². The highest BCUT2D eigenvalue weighted by Gasteiger charge is 2.23. The van der Waals surface area contributed by atoms with Crippen molar-refractivity contribution in [2.24, 2.45) is 0 Å². The Morgan fingerprint density at radius 3 is 2.64 bits per heavy atom. The summed E-state index contributed by atoms with van der Waals surface area (Å²) in [5.74, 6) is -0.313. The fourth-order valence-corrected chi connectivity index (χ4v) is 3.50. The summed E-state index contributed by atoms with van der Waals surface area (Å²) in [6, 6.07) is 16.8. The lowest BCUT2D eigenvalue weighted by Gasteiger charge is -2.15. The lowest BCUT2D eigenvalue weighted by atomic mass is 10.1. The Morgan fingerprint density at radius 1 is 1.16 bits per heavy atom. The van der Waals surface area contributed by atoms with Gasteiger partial charge in [0, 0.05) is 0 Å². The number of ether oxygens (including phenoxy) is 1. The number of H-pyrrole nitrogens is 1. The molecule has 1 N–H and O–H groups in total. The highest BCUT2D eigenvalue weighted by Crippen LogP contribution is 2.24. The first-order chi connectivity index (χ1) is 12.2. The first kappa shape index (κ1) is 17.2. The molecule has 1 atom stereocenters. The number of carbonyl (C=O) groups is 1. The van der Waals surface area contributed by atoms with Crippen molar-refractivity contribution in [1.29, 1.82) is 0 Å². The fraction of sp³-hybridized carbons (Fsp3) is 0.211. The van der Waals surface area contributed by atoms with Gasteiger partial charge in [0.25, 0.3) is 5.56 Å². The van der Waals surface area contributed by atoms with Crippen LogP contribution < -0.4 is 5.56 Å². The normalized spacial score (nSPS) is 12.0. The van der Waals surface area contributed by atoms with E-state index in [4.69, 9.17) is 4.74 Å². The van der Waals surface area contributed by atoms with Gasteiger partial charge in [-0.25, -0.2) is 4.98 Å². The SMILES string of the molecule is CCOC(=O)C(Cc1ccccc1)Sc1nc2ccccc2c(=O)[nH]1. The molecule has 1 heterocycles. The Balaban J connectivity index is 1.89. The van der Waals surface area contributed by atoms with E-state index < -0.39 is 5.25 Å². The molecule has 0 fully saturated rings. The van der Waals surface area contributed by atoms with E-state index in [0.29, 0.717) is 29.1 Å². The highest BCUT2D eigenvalue weighted by molar-refractivity contribution is 8.00. The van der Waals surface area contributed by atoms with Crippen LogP contribution in [0.15, 0.2) is 64.5 Å². The number of para-hydroxylation sites is 1.